The van der Waals surface area contributed by atoms with Crippen LogP contribution in [0.2, 0.25) is 0 Å². The Balaban J connectivity index is 2.19. The van der Waals surface area contributed by atoms with E-state index in [4.69, 9.17) is 5.73 Å². The molecule has 3 N–H and O–H groups in total. The van der Waals surface area contributed by atoms with Crippen molar-refractivity contribution in [2.45, 2.75) is 12.5 Å². The minimum Gasteiger partial charge on any atom is -0.396 e. The molecular formula is C12H13F2N3O2. The maximum absolute atomic E-state index is 13.6. The molecule has 2 amide bonds. The predicted molar refractivity (Wildman–Crippen MR) is 64.3 cm³/mol. The van der Waals surface area contributed by atoms with Crippen LogP contribution in [0.4, 0.5) is 14.5 Å². The van der Waals surface area contributed by atoms with Crippen molar-refractivity contribution < 1.29 is 18.4 Å². The van der Waals surface area contributed by atoms with Crippen molar-refractivity contribution in [2.75, 3.05) is 19.3 Å². The van der Waals surface area contributed by atoms with Gasteiger partial charge in [-0.3, -0.25) is 9.59 Å². The van der Waals surface area contributed by atoms with E-state index in [1.54, 1.807) is 7.05 Å². The monoisotopic (exact) mass is 269 g/mol. The minimum atomic E-state index is -0.988. The molecule has 0 saturated carbocycles. The maximum atomic E-state index is 13.6. The number of hydrogen-bond donors (Lipinski definition) is 2. The van der Waals surface area contributed by atoms with Crippen LogP contribution in [0.3, 0.4) is 0 Å². The van der Waals surface area contributed by atoms with Crippen molar-refractivity contribution in [3.8, 4) is 0 Å². The first kappa shape index (κ1) is 13.3. The summed E-state index contributed by atoms with van der Waals surface area (Å²) in [5.41, 5.74) is 4.30. The van der Waals surface area contributed by atoms with E-state index in [1.807, 2.05) is 0 Å². The number of halogens is 2. The molecule has 102 valence electrons. The Morgan fingerprint density at radius 2 is 2.16 bits per heavy atom. The lowest BCUT2D eigenvalue weighted by Crippen LogP contribution is -2.40. The third-order valence-electron chi connectivity index (χ3n) is 3.04. The number of rotatable bonds is 2. The van der Waals surface area contributed by atoms with Gasteiger partial charge >= 0.3 is 0 Å². The van der Waals surface area contributed by atoms with E-state index in [1.165, 1.54) is 4.90 Å². The molecule has 1 aromatic carbocycles. The van der Waals surface area contributed by atoms with Crippen LogP contribution >= 0.6 is 0 Å². The van der Waals surface area contributed by atoms with Gasteiger partial charge in [0.05, 0.1) is 11.3 Å². The molecule has 1 fully saturated rings. The molecule has 5 nitrogen and oxygen atoms in total. The Morgan fingerprint density at radius 3 is 2.74 bits per heavy atom. The molecule has 0 aromatic heterocycles. The molecule has 1 unspecified atom stereocenters. The Bertz CT molecular complexity index is 548. The van der Waals surface area contributed by atoms with Crippen molar-refractivity contribution in [1.82, 2.24) is 10.2 Å². The average Bonchev–Trinajstić information content (AvgIpc) is 2.65. The Labute approximate surface area is 108 Å². The highest BCUT2D eigenvalue weighted by atomic mass is 19.1. The number of nitrogens with one attached hydrogen (secondary N) is 1. The molecule has 7 heteroatoms. The first-order chi connectivity index (χ1) is 8.90. The van der Waals surface area contributed by atoms with Crippen LogP contribution in [0.5, 0.6) is 0 Å². The Kier molecular flexibility index (Phi) is 3.37. The fourth-order valence-electron chi connectivity index (χ4n) is 1.97. The largest absolute Gasteiger partial charge is 0.396 e. The Morgan fingerprint density at radius 1 is 1.47 bits per heavy atom. The summed E-state index contributed by atoms with van der Waals surface area (Å²) in [6, 6.07) is 0.839. The molecule has 1 saturated heterocycles. The van der Waals surface area contributed by atoms with Gasteiger partial charge in [0, 0.05) is 13.6 Å². The van der Waals surface area contributed by atoms with Crippen LogP contribution in [0.1, 0.15) is 16.8 Å². The number of nitrogen functional groups attached to an aromatic ring is 1. The van der Waals surface area contributed by atoms with Crippen LogP contribution in [-0.4, -0.2) is 36.3 Å². The molecule has 1 atom stereocenters. The lowest BCUT2D eigenvalue weighted by molar-refractivity contribution is -0.128. The zero-order valence-electron chi connectivity index (χ0n) is 10.2. The summed E-state index contributed by atoms with van der Waals surface area (Å²) in [5, 5.41) is 2.38. The number of carbonyl (C=O) groups is 2. The molecule has 19 heavy (non-hydrogen) atoms. The highest BCUT2D eigenvalue weighted by molar-refractivity contribution is 5.98. The second kappa shape index (κ2) is 4.83. The lowest BCUT2D eigenvalue weighted by atomic mass is 10.1. The van der Waals surface area contributed by atoms with Crippen molar-refractivity contribution >= 4 is 17.5 Å². The first-order valence-electron chi connectivity index (χ1n) is 5.70. The third kappa shape index (κ3) is 2.49. The maximum Gasteiger partial charge on any atom is 0.255 e. The molecule has 0 radical (unpaired) electrons. The number of benzene rings is 1. The van der Waals surface area contributed by atoms with E-state index in [9.17, 15) is 18.4 Å². The van der Waals surface area contributed by atoms with Crippen molar-refractivity contribution in [3.63, 3.8) is 0 Å². The first-order valence-corrected chi connectivity index (χ1v) is 5.70. The predicted octanol–water partition coefficient (Wildman–Crippen LogP) is 0.508. The number of likely N-dealkylation sites (N-methyl/N-ethyl adjacent to an activating group) is 1. The zero-order valence-corrected chi connectivity index (χ0v) is 10.2. The standard InChI is InChI=1S/C12H13F2N3O2/c1-17-3-2-9(12(17)19)16-11(18)7-4-6(13)5-8(15)10(7)14/h4-5,9H,2-3,15H2,1H3,(H,16,18). The average molecular weight is 269 g/mol. The van der Waals surface area contributed by atoms with E-state index >= 15 is 0 Å². The molecule has 1 heterocycles. The Hall–Kier alpha value is -2.18. The van der Waals surface area contributed by atoms with Crippen LogP contribution in [0.25, 0.3) is 0 Å². The van der Waals surface area contributed by atoms with Gasteiger partial charge in [-0.05, 0) is 18.6 Å². The quantitative estimate of drug-likeness (QED) is 0.768. The fourth-order valence-corrected chi connectivity index (χ4v) is 1.97. The second-order valence-electron chi connectivity index (χ2n) is 4.43. The number of nitrogens with two attached hydrogens (primary N) is 1. The van der Waals surface area contributed by atoms with Gasteiger partial charge in [-0.15, -0.1) is 0 Å². The summed E-state index contributed by atoms with van der Waals surface area (Å²) in [6.45, 7) is 0.511. The van der Waals surface area contributed by atoms with Crippen LogP contribution in [0, 0.1) is 11.6 Å². The van der Waals surface area contributed by atoms with Crippen LogP contribution in [0.15, 0.2) is 12.1 Å². The topological polar surface area (TPSA) is 75.4 Å². The van der Waals surface area contributed by atoms with E-state index < -0.39 is 34.8 Å². The summed E-state index contributed by atoms with van der Waals surface area (Å²) in [6.07, 6.45) is 0.438. The summed E-state index contributed by atoms with van der Waals surface area (Å²) in [7, 11) is 1.61. The number of likely N-dealkylation sites (tertiary alicyclic amines) is 1. The smallest absolute Gasteiger partial charge is 0.255 e. The molecule has 2 rings (SSSR count). The number of anilines is 1. The second-order valence-corrected chi connectivity index (χ2v) is 4.43. The van der Waals surface area contributed by atoms with Crippen molar-refractivity contribution in [2.24, 2.45) is 0 Å². The van der Waals surface area contributed by atoms with Gasteiger partial charge in [-0.25, -0.2) is 8.78 Å². The number of hydrogen-bond acceptors (Lipinski definition) is 3. The summed E-state index contributed by atoms with van der Waals surface area (Å²) in [4.78, 5) is 24.9. The van der Waals surface area contributed by atoms with Gasteiger partial charge in [0.1, 0.15) is 11.9 Å². The van der Waals surface area contributed by atoms with E-state index in [2.05, 4.69) is 5.32 Å². The lowest BCUT2D eigenvalue weighted by Gasteiger charge is -2.13. The molecule has 1 aliphatic rings. The molecule has 1 aromatic rings. The highest BCUT2D eigenvalue weighted by Gasteiger charge is 2.31. The van der Waals surface area contributed by atoms with Crippen molar-refractivity contribution in [1.29, 1.82) is 0 Å². The zero-order chi connectivity index (χ0) is 14.2. The number of nitrogens with zero attached hydrogens (tertiary/aromatic N) is 1. The van der Waals surface area contributed by atoms with Gasteiger partial charge in [0.15, 0.2) is 5.82 Å². The molecule has 0 bridgehead atoms. The van der Waals surface area contributed by atoms with Crippen LogP contribution in [-0.2, 0) is 4.79 Å². The molecular weight excluding hydrogens is 256 g/mol. The van der Waals surface area contributed by atoms with Crippen molar-refractivity contribution in [3.05, 3.63) is 29.3 Å². The minimum absolute atomic E-state index is 0.252. The van der Waals surface area contributed by atoms with Gasteiger partial charge in [-0.2, -0.15) is 0 Å². The van der Waals surface area contributed by atoms with E-state index in [-0.39, 0.29) is 5.91 Å². The highest BCUT2D eigenvalue weighted by Crippen LogP contribution is 2.18. The third-order valence-corrected chi connectivity index (χ3v) is 3.04. The van der Waals surface area contributed by atoms with Gasteiger partial charge in [0.25, 0.3) is 5.91 Å². The normalized spacial score (nSPS) is 18.8. The van der Waals surface area contributed by atoms with Crippen LogP contribution < -0.4 is 11.1 Å². The fraction of sp³-hybridized carbons (Fsp3) is 0.333. The summed E-state index contributed by atoms with van der Waals surface area (Å²) in [5.74, 6) is -2.90. The number of amides is 2. The van der Waals surface area contributed by atoms with Gasteiger partial charge in [-0.1, -0.05) is 0 Å². The van der Waals surface area contributed by atoms with E-state index in [0.29, 0.717) is 13.0 Å². The SMILES string of the molecule is CN1CCC(NC(=O)c2cc(F)cc(N)c2F)C1=O. The summed E-state index contributed by atoms with van der Waals surface area (Å²) >= 11 is 0. The van der Waals surface area contributed by atoms with Gasteiger partial charge < -0.3 is 16.0 Å². The number of carbonyl (C=O) groups excluding carboxylic acids is 2. The van der Waals surface area contributed by atoms with E-state index in [0.717, 1.165) is 12.1 Å². The molecule has 1 aliphatic heterocycles. The van der Waals surface area contributed by atoms with Gasteiger partial charge in [0.2, 0.25) is 5.91 Å². The molecule has 0 aliphatic carbocycles. The summed E-state index contributed by atoms with van der Waals surface area (Å²) < 4.78 is 26.8. The molecule has 0 spiro atoms.